The topological polar surface area (TPSA) is 54.2 Å². The van der Waals surface area contributed by atoms with Crippen molar-refractivity contribution in [3.05, 3.63) is 11.7 Å². The summed E-state index contributed by atoms with van der Waals surface area (Å²) in [5, 5.41) is 7.61. The SMILES string of the molecule is CCC(c1noc(CC2CCC2)n1)N1CCNCC1. The summed E-state index contributed by atoms with van der Waals surface area (Å²) in [7, 11) is 0. The average Bonchev–Trinajstić information content (AvgIpc) is 2.85. The molecule has 0 bridgehead atoms. The van der Waals surface area contributed by atoms with E-state index in [0.29, 0.717) is 6.04 Å². The second kappa shape index (κ2) is 6.01. The molecule has 0 aromatic carbocycles. The fourth-order valence-corrected chi connectivity index (χ4v) is 3.03. The normalized spacial score (nSPS) is 23.2. The van der Waals surface area contributed by atoms with E-state index >= 15 is 0 Å². The molecule has 1 aromatic heterocycles. The Labute approximate surface area is 114 Å². The van der Waals surface area contributed by atoms with Gasteiger partial charge >= 0.3 is 0 Å². The van der Waals surface area contributed by atoms with Gasteiger partial charge in [-0.05, 0) is 25.2 Å². The molecule has 0 amide bonds. The van der Waals surface area contributed by atoms with E-state index in [2.05, 4.69) is 27.3 Å². The first-order valence-corrected chi connectivity index (χ1v) is 7.64. The van der Waals surface area contributed by atoms with E-state index in [1.807, 2.05) is 0 Å². The lowest BCUT2D eigenvalue weighted by Crippen LogP contribution is -2.45. The summed E-state index contributed by atoms with van der Waals surface area (Å²) in [5.74, 6) is 2.51. The Morgan fingerprint density at radius 3 is 2.79 bits per heavy atom. The Morgan fingerprint density at radius 1 is 1.37 bits per heavy atom. The van der Waals surface area contributed by atoms with Gasteiger partial charge in [0.15, 0.2) is 5.82 Å². The largest absolute Gasteiger partial charge is 0.339 e. The monoisotopic (exact) mass is 264 g/mol. The van der Waals surface area contributed by atoms with Crippen molar-refractivity contribution in [1.82, 2.24) is 20.4 Å². The summed E-state index contributed by atoms with van der Waals surface area (Å²) < 4.78 is 5.44. The first-order valence-electron chi connectivity index (χ1n) is 7.64. The van der Waals surface area contributed by atoms with Crippen molar-refractivity contribution in [1.29, 1.82) is 0 Å². The Hall–Kier alpha value is -0.940. The van der Waals surface area contributed by atoms with Crippen LogP contribution in [0.2, 0.25) is 0 Å². The highest BCUT2D eigenvalue weighted by Crippen LogP contribution is 2.30. The van der Waals surface area contributed by atoms with Gasteiger partial charge in [-0.25, -0.2) is 0 Å². The van der Waals surface area contributed by atoms with Crippen molar-refractivity contribution in [3.8, 4) is 0 Å². The minimum Gasteiger partial charge on any atom is -0.339 e. The Kier molecular flexibility index (Phi) is 4.13. The van der Waals surface area contributed by atoms with Gasteiger partial charge in [0.1, 0.15) is 0 Å². The Bertz CT molecular complexity index is 396. The van der Waals surface area contributed by atoms with E-state index in [1.165, 1.54) is 19.3 Å². The molecule has 19 heavy (non-hydrogen) atoms. The van der Waals surface area contributed by atoms with Crippen LogP contribution in [-0.4, -0.2) is 41.2 Å². The fraction of sp³-hybridized carbons (Fsp3) is 0.857. The zero-order chi connectivity index (χ0) is 13.1. The molecule has 1 N–H and O–H groups in total. The lowest BCUT2D eigenvalue weighted by Gasteiger charge is -2.32. The van der Waals surface area contributed by atoms with Gasteiger partial charge in [0.25, 0.3) is 0 Å². The first kappa shape index (κ1) is 13.1. The molecule has 1 unspecified atom stereocenters. The number of rotatable bonds is 5. The highest BCUT2D eigenvalue weighted by atomic mass is 16.5. The Balaban J connectivity index is 1.64. The molecule has 1 aromatic rings. The van der Waals surface area contributed by atoms with Gasteiger partial charge in [0, 0.05) is 32.6 Å². The standard InChI is InChI=1S/C14H24N4O/c1-2-12(18-8-6-15-7-9-18)14-16-13(19-17-14)10-11-4-3-5-11/h11-12,15H,2-10H2,1H3. The fourth-order valence-electron chi connectivity index (χ4n) is 3.03. The molecule has 2 heterocycles. The van der Waals surface area contributed by atoms with Gasteiger partial charge in [-0.15, -0.1) is 0 Å². The second-order valence-electron chi connectivity index (χ2n) is 5.76. The van der Waals surface area contributed by atoms with Crippen molar-refractivity contribution in [2.75, 3.05) is 26.2 Å². The number of aromatic nitrogens is 2. The molecule has 5 nitrogen and oxygen atoms in total. The summed E-state index contributed by atoms with van der Waals surface area (Å²) in [4.78, 5) is 7.11. The smallest absolute Gasteiger partial charge is 0.226 e. The number of piperazine rings is 1. The van der Waals surface area contributed by atoms with Crippen LogP contribution in [0.25, 0.3) is 0 Å². The quantitative estimate of drug-likeness (QED) is 0.878. The molecule has 106 valence electrons. The number of nitrogens with zero attached hydrogens (tertiary/aromatic N) is 3. The van der Waals surface area contributed by atoms with Gasteiger partial charge in [-0.2, -0.15) is 4.98 Å². The molecular formula is C14H24N4O. The van der Waals surface area contributed by atoms with E-state index in [-0.39, 0.29) is 0 Å². The minimum atomic E-state index is 0.320. The maximum atomic E-state index is 5.44. The summed E-state index contributed by atoms with van der Waals surface area (Å²) in [5.41, 5.74) is 0. The van der Waals surface area contributed by atoms with Gasteiger partial charge in [0.05, 0.1) is 6.04 Å². The molecule has 0 radical (unpaired) electrons. The van der Waals surface area contributed by atoms with Crippen molar-refractivity contribution in [3.63, 3.8) is 0 Å². The molecular weight excluding hydrogens is 240 g/mol. The minimum absolute atomic E-state index is 0.320. The molecule has 2 aliphatic rings. The predicted molar refractivity (Wildman–Crippen MR) is 72.8 cm³/mol. The van der Waals surface area contributed by atoms with E-state index in [0.717, 1.165) is 56.7 Å². The average molecular weight is 264 g/mol. The third kappa shape index (κ3) is 2.98. The van der Waals surface area contributed by atoms with E-state index in [4.69, 9.17) is 4.52 Å². The van der Waals surface area contributed by atoms with Crippen LogP contribution in [0.5, 0.6) is 0 Å². The van der Waals surface area contributed by atoms with Crippen molar-refractivity contribution in [2.45, 2.75) is 45.1 Å². The molecule has 1 atom stereocenters. The van der Waals surface area contributed by atoms with Crippen LogP contribution in [0.3, 0.4) is 0 Å². The van der Waals surface area contributed by atoms with Crippen LogP contribution in [0.1, 0.15) is 50.4 Å². The maximum absolute atomic E-state index is 5.44. The second-order valence-corrected chi connectivity index (χ2v) is 5.76. The van der Waals surface area contributed by atoms with Gasteiger partial charge in [-0.3, -0.25) is 4.90 Å². The molecule has 5 heteroatoms. The lowest BCUT2D eigenvalue weighted by molar-refractivity contribution is 0.160. The molecule has 1 saturated carbocycles. The zero-order valence-electron chi connectivity index (χ0n) is 11.8. The summed E-state index contributed by atoms with van der Waals surface area (Å²) >= 11 is 0. The van der Waals surface area contributed by atoms with E-state index in [1.54, 1.807) is 0 Å². The van der Waals surface area contributed by atoms with E-state index < -0.39 is 0 Å². The third-order valence-corrected chi connectivity index (χ3v) is 4.45. The van der Waals surface area contributed by atoms with Gasteiger partial charge in [0.2, 0.25) is 5.89 Å². The summed E-state index contributed by atoms with van der Waals surface area (Å²) in [6.45, 7) is 6.47. The number of hydrogen-bond donors (Lipinski definition) is 1. The number of hydrogen-bond acceptors (Lipinski definition) is 5. The van der Waals surface area contributed by atoms with Crippen LogP contribution in [0.15, 0.2) is 4.52 Å². The van der Waals surface area contributed by atoms with Gasteiger partial charge < -0.3 is 9.84 Å². The molecule has 1 saturated heterocycles. The first-order chi connectivity index (χ1) is 9.36. The van der Waals surface area contributed by atoms with Crippen LogP contribution in [-0.2, 0) is 6.42 Å². The predicted octanol–water partition coefficient (Wildman–Crippen LogP) is 1.77. The zero-order valence-corrected chi connectivity index (χ0v) is 11.8. The molecule has 3 rings (SSSR count). The maximum Gasteiger partial charge on any atom is 0.226 e. The molecule has 1 aliphatic carbocycles. The third-order valence-electron chi connectivity index (χ3n) is 4.45. The lowest BCUT2D eigenvalue weighted by atomic mass is 9.83. The van der Waals surface area contributed by atoms with Gasteiger partial charge in [-0.1, -0.05) is 18.5 Å². The summed E-state index contributed by atoms with van der Waals surface area (Å²) in [6, 6.07) is 0.320. The van der Waals surface area contributed by atoms with E-state index in [9.17, 15) is 0 Å². The summed E-state index contributed by atoms with van der Waals surface area (Å²) in [6.07, 6.45) is 6.04. The van der Waals surface area contributed by atoms with Crippen molar-refractivity contribution >= 4 is 0 Å². The van der Waals surface area contributed by atoms with Crippen LogP contribution < -0.4 is 5.32 Å². The molecule has 1 aliphatic heterocycles. The molecule has 0 spiro atoms. The Morgan fingerprint density at radius 2 is 2.16 bits per heavy atom. The number of nitrogens with one attached hydrogen (secondary N) is 1. The van der Waals surface area contributed by atoms with Crippen molar-refractivity contribution in [2.24, 2.45) is 5.92 Å². The highest BCUT2D eigenvalue weighted by Gasteiger charge is 2.26. The van der Waals surface area contributed by atoms with Crippen LogP contribution in [0, 0.1) is 5.92 Å². The van der Waals surface area contributed by atoms with Crippen LogP contribution in [0.4, 0.5) is 0 Å². The highest BCUT2D eigenvalue weighted by molar-refractivity contribution is 4.97. The molecule has 2 fully saturated rings. The van der Waals surface area contributed by atoms with Crippen LogP contribution >= 0.6 is 0 Å². The van der Waals surface area contributed by atoms with Crippen molar-refractivity contribution < 1.29 is 4.52 Å².